The van der Waals surface area contributed by atoms with Crippen LogP contribution in [0, 0.1) is 11.3 Å². The molecule has 0 unspecified atom stereocenters. The Morgan fingerprint density at radius 2 is 2.07 bits per heavy atom. The average molecular weight is 376 g/mol. The number of carbonyl (C=O) groups excluding carboxylic acids is 1. The fourth-order valence-electron chi connectivity index (χ4n) is 3.50. The monoisotopic (exact) mass is 376 g/mol. The number of rotatable bonds is 4. The van der Waals surface area contributed by atoms with Gasteiger partial charge in [-0.2, -0.15) is 5.26 Å². The molecule has 4 rings (SSSR count). The molecule has 0 spiro atoms. The molecule has 0 radical (unpaired) electrons. The summed E-state index contributed by atoms with van der Waals surface area (Å²) >= 11 is 1.77. The highest BCUT2D eigenvalue weighted by Crippen LogP contribution is 2.32. The molecule has 0 aliphatic carbocycles. The molecule has 0 bridgehead atoms. The summed E-state index contributed by atoms with van der Waals surface area (Å²) in [6.45, 7) is 2.17. The minimum absolute atomic E-state index is 0.0235. The molecule has 136 valence electrons. The lowest BCUT2D eigenvalue weighted by atomic mass is 9.99. The van der Waals surface area contributed by atoms with Crippen LogP contribution in [0.25, 0.3) is 10.2 Å². The summed E-state index contributed by atoms with van der Waals surface area (Å²) in [6, 6.07) is 17.3. The molecule has 0 saturated carbocycles. The number of nitrogens with one attached hydrogen (secondary N) is 1. The second-order valence-corrected chi connectivity index (χ2v) is 7.89. The number of benzene rings is 2. The highest BCUT2D eigenvalue weighted by molar-refractivity contribution is 7.18. The summed E-state index contributed by atoms with van der Waals surface area (Å²) in [5.74, 6) is 0.364. The van der Waals surface area contributed by atoms with Crippen molar-refractivity contribution in [3.05, 3.63) is 59.1 Å². The van der Waals surface area contributed by atoms with Crippen molar-refractivity contribution >= 4 is 33.1 Å². The fourth-order valence-corrected chi connectivity index (χ4v) is 4.59. The second-order valence-electron chi connectivity index (χ2n) is 6.83. The van der Waals surface area contributed by atoms with E-state index in [0.29, 0.717) is 18.0 Å². The van der Waals surface area contributed by atoms with Gasteiger partial charge < -0.3 is 5.32 Å². The van der Waals surface area contributed by atoms with Crippen molar-refractivity contribution in [2.24, 2.45) is 0 Å². The van der Waals surface area contributed by atoms with E-state index in [2.05, 4.69) is 28.4 Å². The van der Waals surface area contributed by atoms with Crippen molar-refractivity contribution in [2.45, 2.75) is 18.8 Å². The van der Waals surface area contributed by atoms with E-state index in [1.807, 2.05) is 12.1 Å². The van der Waals surface area contributed by atoms with Crippen molar-refractivity contribution in [3.63, 3.8) is 0 Å². The number of piperidine rings is 1. The number of nitriles is 1. The maximum absolute atomic E-state index is 12.4. The minimum Gasteiger partial charge on any atom is -0.325 e. The summed E-state index contributed by atoms with van der Waals surface area (Å²) in [5, 5.41) is 12.9. The molecule has 1 aromatic heterocycles. The van der Waals surface area contributed by atoms with Crippen LogP contribution in [-0.2, 0) is 4.79 Å². The van der Waals surface area contributed by atoms with Crippen molar-refractivity contribution in [1.29, 1.82) is 5.26 Å². The van der Waals surface area contributed by atoms with E-state index in [4.69, 9.17) is 10.2 Å². The number of amides is 1. The highest BCUT2D eigenvalue weighted by atomic mass is 32.1. The van der Waals surface area contributed by atoms with Gasteiger partial charge in [0, 0.05) is 18.2 Å². The maximum Gasteiger partial charge on any atom is 0.238 e. The summed E-state index contributed by atoms with van der Waals surface area (Å²) < 4.78 is 1.23. The van der Waals surface area contributed by atoms with Crippen LogP contribution in [0.1, 0.15) is 29.3 Å². The van der Waals surface area contributed by atoms with Gasteiger partial charge in [0.15, 0.2) is 0 Å². The summed E-state index contributed by atoms with van der Waals surface area (Å²) in [5.41, 5.74) is 2.37. The Balaban J connectivity index is 1.37. The van der Waals surface area contributed by atoms with Crippen molar-refractivity contribution in [1.82, 2.24) is 9.88 Å². The van der Waals surface area contributed by atoms with Gasteiger partial charge in [-0.15, -0.1) is 11.3 Å². The lowest BCUT2D eigenvalue weighted by Gasteiger charge is -2.31. The molecule has 1 aliphatic rings. The van der Waals surface area contributed by atoms with Gasteiger partial charge in [0.05, 0.1) is 33.4 Å². The number of nitrogens with zero attached hydrogens (tertiary/aromatic N) is 3. The van der Waals surface area contributed by atoms with E-state index >= 15 is 0 Å². The van der Waals surface area contributed by atoms with Gasteiger partial charge in [0.2, 0.25) is 5.91 Å². The van der Waals surface area contributed by atoms with Crippen LogP contribution in [-0.4, -0.2) is 35.4 Å². The van der Waals surface area contributed by atoms with Crippen LogP contribution < -0.4 is 5.32 Å². The van der Waals surface area contributed by atoms with E-state index in [9.17, 15) is 4.79 Å². The Labute approximate surface area is 162 Å². The molecule has 2 heterocycles. The number of para-hydroxylation sites is 1. The van der Waals surface area contributed by atoms with Gasteiger partial charge in [0.25, 0.3) is 0 Å². The SMILES string of the molecule is N#Cc1ccc(NC(=O)CN2CCC[C@H](c3nc4ccccc4s3)C2)cc1. The smallest absolute Gasteiger partial charge is 0.238 e. The summed E-state index contributed by atoms with van der Waals surface area (Å²) in [6.07, 6.45) is 2.19. The molecule has 1 N–H and O–H groups in total. The molecule has 5 nitrogen and oxygen atoms in total. The third kappa shape index (κ3) is 4.16. The Morgan fingerprint density at radius 1 is 1.26 bits per heavy atom. The Kier molecular flexibility index (Phi) is 5.14. The van der Waals surface area contributed by atoms with Gasteiger partial charge in [0.1, 0.15) is 0 Å². The average Bonchev–Trinajstić information content (AvgIpc) is 3.13. The molecule has 1 amide bonds. The van der Waals surface area contributed by atoms with Gasteiger partial charge in [-0.1, -0.05) is 12.1 Å². The Morgan fingerprint density at radius 3 is 2.85 bits per heavy atom. The lowest BCUT2D eigenvalue weighted by Crippen LogP contribution is -2.39. The number of hydrogen-bond acceptors (Lipinski definition) is 5. The Bertz CT molecular complexity index is 956. The van der Waals surface area contributed by atoms with E-state index in [1.54, 1.807) is 35.6 Å². The predicted molar refractivity (Wildman–Crippen MR) is 108 cm³/mol. The van der Waals surface area contributed by atoms with Crippen LogP contribution >= 0.6 is 11.3 Å². The molecular formula is C21H20N4OS. The quantitative estimate of drug-likeness (QED) is 0.748. The molecular weight excluding hydrogens is 356 g/mol. The first-order valence-electron chi connectivity index (χ1n) is 9.09. The zero-order chi connectivity index (χ0) is 18.6. The number of carbonyl (C=O) groups is 1. The van der Waals surface area contributed by atoms with Crippen molar-refractivity contribution < 1.29 is 4.79 Å². The predicted octanol–water partition coefficient (Wildman–Crippen LogP) is 3.99. The number of thiazole rings is 1. The normalized spacial score (nSPS) is 17.5. The number of aromatic nitrogens is 1. The molecule has 3 aromatic rings. The lowest BCUT2D eigenvalue weighted by molar-refractivity contribution is -0.117. The summed E-state index contributed by atoms with van der Waals surface area (Å²) in [4.78, 5) is 19.4. The minimum atomic E-state index is -0.0235. The Hall–Kier alpha value is -2.75. The molecule has 27 heavy (non-hydrogen) atoms. The molecule has 2 aromatic carbocycles. The van der Waals surface area contributed by atoms with Gasteiger partial charge in [-0.3, -0.25) is 9.69 Å². The first-order valence-corrected chi connectivity index (χ1v) is 9.91. The number of anilines is 1. The first kappa shape index (κ1) is 17.7. The third-order valence-corrected chi connectivity index (χ3v) is 6.03. The number of fused-ring (bicyclic) bond motifs is 1. The van der Waals surface area contributed by atoms with Crippen molar-refractivity contribution in [2.75, 3.05) is 25.0 Å². The number of likely N-dealkylation sites (tertiary alicyclic amines) is 1. The topological polar surface area (TPSA) is 69.0 Å². The van der Waals surface area contributed by atoms with E-state index in [-0.39, 0.29) is 5.91 Å². The van der Waals surface area contributed by atoms with Crippen LogP contribution in [0.2, 0.25) is 0 Å². The zero-order valence-electron chi connectivity index (χ0n) is 14.9. The summed E-state index contributed by atoms with van der Waals surface area (Å²) in [7, 11) is 0. The number of hydrogen-bond donors (Lipinski definition) is 1. The zero-order valence-corrected chi connectivity index (χ0v) is 15.7. The first-order chi connectivity index (χ1) is 13.2. The molecule has 1 atom stereocenters. The highest BCUT2D eigenvalue weighted by Gasteiger charge is 2.25. The van der Waals surface area contributed by atoms with Gasteiger partial charge in [-0.05, 0) is 55.8 Å². The van der Waals surface area contributed by atoms with Gasteiger partial charge >= 0.3 is 0 Å². The van der Waals surface area contributed by atoms with Gasteiger partial charge in [-0.25, -0.2) is 4.98 Å². The van der Waals surface area contributed by atoms with Crippen LogP contribution in [0.15, 0.2) is 48.5 Å². The maximum atomic E-state index is 12.4. The van der Waals surface area contributed by atoms with Crippen molar-refractivity contribution in [3.8, 4) is 6.07 Å². The van der Waals surface area contributed by atoms with E-state index < -0.39 is 0 Å². The van der Waals surface area contributed by atoms with Crippen LogP contribution in [0.5, 0.6) is 0 Å². The third-order valence-electron chi connectivity index (χ3n) is 4.83. The molecule has 1 saturated heterocycles. The standard InChI is InChI=1S/C21H20N4OS/c22-12-15-7-9-17(10-8-15)23-20(26)14-25-11-3-4-16(13-25)21-24-18-5-1-2-6-19(18)27-21/h1-2,5-10,16H,3-4,11,13-14H2,(H,23,26)/t16-/m0/s1. The second kappa shape index (κ2) is 7.87. The fraction of sp³-hybridized carbons (Fsp3) is 0.286. The molecule has 6 heteroatoms. The van der Waals surface area contributed by atoms with E-state index in [0.717, 1.165) is 37.1 Å². The molecule has 1 fully saturated rings. The van der Waals surface area contributed by atoms with Crippen LogP contribution in [0.3, 0.4) is 0 Å². The largest absolute Gasteiger partial charge is 0.325 e. The van der Waals surface area contributed by atoms with Crippen LogP contribution in [0.4, 0.5) is 5.69 Å². The van der Waals surface area contributed by atoms with E-state index in [1.165, 1.54) is 9.71 Å². The molecule has 1 aliphatic heterocycles.